The maximum atomic E-state index is 11.5. The zero-order valence-corrected chi connectivity index (χ0v) is 14.7. The minimum absolute atomic E-state index is 0.143. The number of hydrogen-bond acceptors (Lipinski definition) is 7. The summed E-state index contributed by atoms with van der Waals surface area (Å²) in [5.41, 5.74) is 6.68. The standard InChI is InChI=1S/C16H20ClN7O/c1-2-10-7-14(20-9-19-10)24-5-3-11(4-6-24)21-16-12(15(18)25)8-13(17)22-23-16/h7-9,11H,2-6H2,1H3,(H2,18,25)(H,21,23). The Labute approximate surface area is 150 Å². The van der Waals surface area contributed by atoms with Crippen molar-refractivity contribution in [2.45, 2.75) is 32.2 Å². The second kappa shape index (κ2) is 7.60. The summed E-state index contributed by atoms with van der Waals surface area (Å²) in [6, 6.07) is 3.64. The third kappa shape index (κ3) is 4.14. The van der Waals surface area contributed by atoms with E-state index in [0.717, 1.165) is 43.9 Å². The molecular weight excluding hydrogens is 342 g/mol. The van der Waals surface area contributed by atoms with Crippen molar-refractivity contribution in [1.82, 2.24) is 20.2 Å². The lowest BCUT2D eigenvalue weighted by Crippen LogP contribution is -2.40. The second-order valence-electron chi connectivity index (χ2n) is 5.92. The molecule has 1 aliphatic rings. The Balaban J connectivity index is 1.64. The average Bonchev–Trinajstić information content (AvgIpc) is 2.63. The van der Waals surface area contributed by atoms with Gasteiger partial charge in [0.1, 0.15) is 12.1 Å². The van der Waals surface area contributed by atoms with Gasteiger partial charge in [-0.2, -0.15) is 0 Å². The molecule has 1 saturated heterocycles. The highest BCUT2D eigenvalue weighted by atomic mass is 35.5. The molecule has 0 radical (unpaired) electrons. The fourth-order valence-corrected chi connectivity index (χ4v) is 3.01. The Bertz CT molecular complexity index is 762. The molecule has 2 aromatic heterocycles. The van der Waals surface area contributed by atoms with Crippen LogP contribution in [0.3, 0.4) is 0 Å². The summed E-state index contributed by atoms with van der Waals surface area (Å²) in [5, 5.41) is 11.2. The number of anilines is 2. The quantitative estimate of drug-likeness (QED) is 0.833. The zero-order chi connectivity index (χ0) is 17.8. The van der Waals surface area contributed by atoms with Gasteiger partial charge in [0.25, 0.3) is 5.91 Å². The van der Waals surface area contributed by atoms with E-state index in [1.54, 1.807) is 6.33 Å². The number of piperidine rings is 1. The molecule has 0 saturated carbocycles. The third-order valence-electron chi connectivity index (χ3n) is 4.26. The maximum Gasteiger partial charge on any atom is 0.252 e. The van der Waals surface area contributed by atoms with Crippen LogP contribution in [0.15, 0.2) is 18.5 Å². The van der Waals surface area contributed by atoms with E-state index in [-0.39, 0.29) is 16.8 Å². The van der Waals surface area contributed by atoms with Crippen LogP contribution in [0.4, 0.5) is 11.6 Å². The average molecular weight is 362 g/mol. The Morgan fingerprint density at radius 1 is 1.32 bits per heavy atom. The number of nitrogens with zero attached hydrogens (tertiary/aromatic N) is 5. The van der Waals surface area contributed by atoms with Crippen LogP contribution >= 0.6 is 11.6 Å². The normalized spacial score (nSPS) is 15.2. The smallest absolute Gasteiger partial charge is 0.252 e. The van der Waals surface area contributed by atoms with Gasteiger partial charge >= 0.3 is 0 Å². The number of aryl methyl sites for hydroxylation is 1. The lowest BCUT2D eigenvalue weighted by molar-refractivity contribution is 0.100. The molecule has 25 heavy (non-hydrogen) atoms. The summed E-state index contributed by atoms with van der Waals surface area (Å²) in [4.78, 5) is 22.4. The molecule has 132 valence electrons. The summed E-state index contributed by atoms with van der Waals surface area (Å²) < 4.78 is 0. The first-order chi connectivity index (χ1) is 12.1. The van der Waals surface area contributed by atoms with E-state index in [1.807, 2.05) is 6.07 Å². The number of nitrogens with two attached hydrogens (primary N) is 1. The lowest BCUT2D eigenvalue weighted by Gasteiger charge is -2.33. The number of primary amides is 1. The van der Waals surface area contributed by atoms with E-state index < -0.39 is 5.91 Å². The Hall–Kier alpha value is -2.48. The molecule has 0 unspecified atom stereocenters. The van der Waals surface area contributed by atoms with Gasteiger partial charge in [0.15, 0.2) is 11.0 Å². The molecule has 8 nitrogen and oxygen atoms in total. The van der Waals surface area contributed by atoms with E-state index in [2.05, 4.69) is 37.3 Å². The molecule has 2 aromatic rings. The molecule has 0 spiro atoms. The van der Waals surface area contributed by atoms with Crippen molar-refractivity contribution in [1.29, 1.82) is 0 Å². The summed E-state index contributed by atoms with van der Waals surface area (Å²) in [6.07, 6.45) is 4.27. The number of carbonyl (C=O) groups is 1. The van der Waals surface area contributed by atoms with Gasteiger partial charge in [-0.1, -0.05) is 18.5 Å². The molecule has 3 N–H and O–H groups in total. The SMILES string of the molecule is CCc1cc(N2CCC(Nc3nnc(Cl)cc3C(N)=O)CC2)ncn1. The van der Waals surface area contributed by atoms with Crippen LogP contribution in [0, 0.1) is 0 Å². The van der Waals surface area contributed by atoms with E-state index in [0.29, 0.717) is 5.82 Å². The fraction of sp³-hybridized carbons (Fsp3) is 0.438. The lowest BCUT2D eigenvalue weighted by atomic mass is 10.0. The number of rotatable bonds is 5. The van der Waals surface area contributed by atoms with Gasteiger partial charge in [-0.05, 0) is 25.3 Å². The first kappa shape index (κ1) is 17.3. The van der Waals surface area contributed by atoms with Gasteiger partial charge in [-0.25, -0.2) is 9.97 Å². The van der Waals surface area contributed by atoms with Crippen molar-refractivity contribution >= 4 is 29.1 Å². The molecule has 1 aliphatic heterocycles. The van der Waals surface area contributed by atoms with Crippen LogP contribution in [0.25, 0.3) is 0 Å². The fourth-order valence-electron chi connectivity index (χ4n) is 2.86. The molecule has 0 aromatic carbocycles. The van der Waals surface area contributed by atoms with Crippen LogP contribution < -0.4 is 16.0 Å². The first-order valence-corrected chi connectivity index (χ1v) is 8.60. The van der Waals surface area contributed by atoms with Gasteiger partial charge in [-0.15, -0.1) is 10.2 Å². The summed E-state index contributed by atoms with van der Waals surface area (Å²) in [7, 11) is 0. The van der Waals surface area contributed by atoms with Crippen molar-refractivity contribution in [3.8, 4) is 0 Å². The van der Waals surface area contributed by atoms with Crippen molar-refractivity contribution in [3.63, 3.8) is 0 Å². The highest BCUT2D eigenvalue weighted by Crippen LogP contribution is 2.22. The molecule has 1 fully saturated rings. The Morgan fingerprint density at radius 3 is 2.76 bits per heavy atom. The van der Waals surface area contributed by atoms with Gasteiger partial charge in [0, 0.05) is 30.9 Å². The maximum absolute atomic E-state index is 11.5. The van der Waals surface area contributed by atoms with Gasteiger partial charge in [0.2, 0.25) is 0 Å². The topological polar surface area (TPSA) is 110 Å². The van der Waals surface area contributed by atoms with Crippen LogP contribution in [0.2, 0.25) is 5.15 Å². The van der Waals surface area contributed by atoms with Crippen LogP contribution in [-0.2, 0) is 6.42 Å². The number of nitrogens with one attached hydrogen (secondary N) is 1. The van der Waals surface area contributed by atoms with Crippen LogP contribution in [-0.4, -0.2) is 45.2 Å². The van der Waals surface area contributed by atoms with Crippen molar-refractivity contribution in [2.75, 3.05) is 23.3 Å². The molecule has 3 heterocycles. The number of hydrogen-bond donors (Lipinski definition) is 2. The van der Waals surface area contributed by atoms with Crippen molar-refractivity contribution in [3.05, 3.63) is 34.9 Å². The number of amides is 1. The third-order valence-corrected chi connectivity index (χ3v) is 4.45. The summed E-state index contributed by atoms with van der Waals surface area (Å²) >= 11 is 5.79. The van der Waals surface area contributed by atoms with Crippen LogP contribution in [0.5, 0.6) is 0 Å². The number of carbonyl (C=O) groups excluding carboxylic acids is 1. The summed E-state index contributed by atoms with van der Waals surface area (Å²) in [6.45, 7) is 3.78. The zero-order valence-electron chi connectivity index (χ0n) is 13.9. The Kier molecular flexibility index (Phi) is 5.28. The molecular formula is C16H20ClN7O. The molecule has 1 amide bonds. The van der Waals surface area contributed by atoms with Crippen molar-refractivity contribution in [2.24, 2.45) is 5.73 Å². The van der Waals surface area contributed by atoms with Crippen LogP contribution in [0.1, 0.15) is 35.8 Å². The number of halogens is 1. The molecule has 0 bridgehead atoms. The molecule has 0 atom stereocenters. The monoisotopic (exact) mass is 361 g/mol. The van der Waals surface area contributed by atoms with Gasteiger partial charge < -0.3 is 16.0 Å². The van der Waals surface area contributed by atoms with Gasteiger partial charge in [0.05, 0.1) is 5.56 Å². The highest BCUT2D eigenvalue weighted by molar-refractivity contribution is 6.29. The van der Waals surface area contributed by atoms with Gasteiger partial charge in [-0.3, -0.25) is 4.79 Å². The minimum Gasteiger partial charge on any atom is -0.365 e. The predicted molar refractivity (Wildman–Crippen MR) is 95.8 cm³/mol. The van der Waals surface area contributed by atoms with E-state index >= 15 is 0 Å². The second-order valence-corrected chi connectivity index (χ2v) is 6.31. The van der Waals surface area contributed by atoms with E-state index in [9.17, 15) is 4.79 Å². The largest absolute Gasteiger partial charge is 0.365 e. The molecule has 3 rings (SSSR count). The van der Waals surface area contributed by atoms with E-state index in [1.165, 1.54) is 6.07 Å². The summed E-state index contributed by atoms with van der Waals surface area (Å²) in [5.74, 6) is 0.755. The van der Waals surface area contributed by atoms with E-state index in [4.69, 9.17) is 17.3 Å². The highest BCUT2D eigenvalue weighted by Gasteiger charge is 2.22. The Morgan fingerprint density at radius 2 is 2.08 bits per heavy atom. The minimum atomic E-state index is -0.579. The molecule has 9 heteroatoms. The van der Waals surface area contributed by atoms with Crippen molar-refractivity contribution < 1.29 is 4.79 Å². The number of aromatic nitrogens is 4. The predicted octanol–water partition coefficient (Wildman–Crippen LogP) is 1.66. The molecule has 0 aliphatic carbocycles. The first-order valence-electron chi connectivity index (χ1n) is 8.22.